The molecule has 1 amide bonds. The molecule has 0 atom stereocenters. The summed E-state index contributed by atoms with van der Waals surface area (Å²) in [5, 5.41) is 2.76. The molecule has 23 heavy (non-hydrogen) atoms. The van der Waals surface area contributed by atoms with Crippen molar-refractivity contribution in [2.75, 3.05) is 5.32 Å². The van der Waals surface area contributed by atoms with Gasteiger partial charge in [0.1, 0.15) is 11.6 Å². The second-order valence-electron chi connectivity index (χ2n) is 5.33. The maximum Gasteiger partial charge on any atom is 0.231 e. The highest BCUT2D eigenvalue weighted by molar-refractivity contribution is 5.91. The molecule has 0 bridgehead atoms. The number of benzene rings is 1. The fraction of sp³-hybridized carbons (Fsp3) is 0.167. The first-order chi connectivity index (χ1) is 11.1. The molecule has 1 N–H and O–H groups in total. The summed E-state index contributed by atoms with van der Waals surface area (Å²) in [6.45, 7) is 3.76. The molecule has 1 aromatic carbocycles. The van der Waals surface area contributed by atoms with Crippen molar-refractivity contribution >= 4 is 11.7 Å². The fourth-order valence-electron chi connectivity index (χ4n) is 2.18. The van der Waals surface area contributed by atoms with Crippen LogP contribution in [0.1, 0.15) is 17.0 Å². The maximum absolute atomic E-state index is 12.1. The summed E-state index contributed by atoms with van der Waals surface area (Å²) in [7, 11) is 0. The van der Waals surface area contributed by atoms with E-state index in [0.717, 1.165) is 11.1 Å². The van der Waals surface area contributed by atoms with Gasteiger partial charge in [-0.3, -0.25) is 4.79 Å². The van der Waals surface area contributed by atoms with Gasteiger partial charge in [-0.1, -0.05) is 24.3 Å². The Morgan fingerprint density at radius 2 is 1.91 bits per heavy atom. The first-order valence-electron chi connectivity index (χ1n) is 7.36. The first kappa shape index (κ1) is 15.0. The van der Waals surface area contributed by atoms with E-state index in [4.69, 9.17) is 4.42 Å². The van der Waals surface area contributed by atoms with E-state index in [1.165, 1.54) is 0 Å². The van der Waals surface area contributed by atoms with E-state index in [0.29, 0.717) is 23.2 Å². The highest BCUT2D eigenvalue weighted by Gasteiger charge is 2.14. The smallest absolute Gasteiger partial charge is 0.231 e. The van der Waals surface area contributed by atoms with Crippen molar-refractivity contribution in [3.05, 3.63) is 65.7 Å². The zero-order valence-corrected chi connectivity index (χ0v) is 13.0. The second-order valence-corrected chi connectivity index (χ2v) is 5.33. The minimum Gasteiger partial charge on any atom is -0.441 e. The van der Waals surface area contributed by atoms with Crippen LogP contribution in [0, 0.1) is 13.8 Å². The fourth-order valence-corrected chi connectivity index (χ4v) is 2.18. The van der Waals surface area contributed by atoms with Crippen LogP contribution in [0.25, 0.3) is 11.5 Å². The number of anilines is 1. The Morgan fingerprint density at radius 1 is 1.13 bits per heavy atom. The van der Waals surface area contributed by atoms with Crippen LogP contribution >= 0.6 is 0 Å². The molecule has 0 fully saturated rings. The molecule has 3 rings (SSSR count). The number of nitrogens with one attached hydrogen (secondary N) is 1. The minimum atomic E-state index is -0.169. The van der Waals surface area contributed by atoms with Gasteiger partial charge in [0, 0.05) is 11.8 Å². The lowest BCUT2D eigenvalue weighted by atomic mass is 10.2. The largest absolute Gasteiger partial charge is 0.441 e. The van der Waals surface area contributed by atoms with Gasteiger partial charge in [-0.2, -0.15) is 0 Å². The van der Waals surface area contributed by atoms with E-state index in [1.807, 2.05) is 50.2 Å². The van der Waals surface area contributed by atoms with Gasteiger partial charge in [-0.15, -0.1) is 0 Å². The molecule has 116 valence electrons. The number of oxazole rings is 1. The number of pyridine rings is 1. The lowest BCUT2D eigenvalue weighted by molar-refractivity contribution is -0.115. The standard InChI is InChI=1S/C18H17N3O2/c1-12-8-9-16(19-11-12)21-17(22)10-15-13(2)23-18(20-15)14-6-4-3-5-7-14/h3-9,11H,10H2,1-2H3,(H,19,21,22). The molecule has 3 aromatic rings. The Labute approximate surface area is 134 Å². The molecular weight excluding hydrogens is 290 g/mol. The van der Waals surface area contributed by atoms with Gasteiger partial charge >= 0.3 is 0 Å². The Kier molecular flexibility index (Phi) is 4.19. The van der Waals surface area contributed by atoms with E-state index < -0.39 is 0 Å². The third kappa shape index (κ3) is 3.63. The molecule has 2 aromatic heterocycles. The zero-order valence-electron chi connectivity index (χ0n) is 13.0. The van der Waals surface area contributed by atoms with Crippen LogP contribution in [0.3, 0.4) is 0 Å². The van der Waals surface area contributed by atoms with Gasteiger partial charge in [-0.25, -0.2) is 9.97 Å². The molecule has 0 aliphatic heterocycles. The number of hydrogen-bond acceptors (Lipinski definition) is 4. The Hall–Kier alpha value is -2.95. The number of hydrogen-bond donors (Lipinski definition) is 1. The summed E-state index contributed by atoms with van der Waals surface area (Å²) in [4.78, 5) is 20.7. The van der Waals surface area contributed by atoms with Gasteiger partial charge in [0.05, 0.1) is 12.1 Å². The third-order valence-electron chi connectivity index (χ3n) is 3.42. The van der Waals surface area contributed by atoms with E-state index in [-0.39, 0.29) is 12.3 Å². The van der Waals surface area contributed by atoms with Crippen molar-refractivity contribution in [2.45, 2.75) is 20.3 Å². The maximum atomic E-state index is 12.1. The number of carbonyl (C=O) groups is 1. The van der Waals surface area contributed by atoms with E-state index in [2.05, 4.69) is 15.3 Å². The van der Waals surface area contributed by atoms with Gasteiger partial charge in [0.15, 0.2) is 0 Å². The second kappa shape index (κ2) is 6.44. The predicted octanol–water partition coefficient (Wildman–Crippen LogP) is 3.53. The van der Waals surface area contributed by atoms with Crippen LogP contribution in [0.4, 0.5) is 5.82 Å². The van der Waals surface area contributed by atoms with Crippen molar-refractivity contribution in [1.29, 1.82) is 0 Å². The van der Waals surface area contributed by atoms with Gasteiger partial charge < -0.3 is 9.73 Å². The van der Waals surface area contributed by atoms with Crippen LogP contribution in [0.15, 0.2) is 53.1 Å². The molecule has 0 aliphatic carbocycles. The molecule has 0 aliphatic rings. The number of amides is 1. The minimum absolute atomic E-state index is 0.151. The molecule has 0 unspecified atom stereocenters. The van der Waals surface area contributed by atoms with Crippen LogP contribution in [0.5, 0.6) is 0 Å². The highest BCUT2D eigenvalue weighted by atomic mass is 16.4. The predicted molar refractivity (Wildman–Crippen MR) is 88.0 cm³/mol. The van der Waals surface area contributed by atoms with Gasteiger partial charge in [0.2, 0.25) is 11.8 Å². The molecule has 0 radical (unpaired) electrons. The SMILES string of the molecule is Cc1ccc(NC(=O)Cc2nc(-c3ccccc3)oc2C)nc1. The van der Waals surface area contributed by atoms with E-state index >= 15 is 0 Å². The summed E-state index contributed by atoms with van der Waals surface area (Å²) in [6, 6.07) is 13.3. The Balaban J connectivity index is 1.71. The van der Waals surface area contributed by atoms with Gasteiger partial charge in [0.25, 0.3) is 0 Å². The lowest BCUT2D eigenvalue weighted by Gasteiger charge is -2.03. The molecule has 5 nitrogen and oxygen atoms in total. The molecular formula is C18H17N3O2. The van der Waals surface area contributed by atoms with Crippen molar-refractivity contribution in [3.8, 4) is 11.5 Å². The highest BCUT2D eigenvalue weighted by Crippen LogP contribution is 2.21. The quantitative estimate of drug-likeness (QED) is 0.800. The van der Waals surface area contributed by atoms with Crippen LogP contribution in [-0.4, -0.2) is 15.9 Å². The molecule has 2 heterocycles. The summed E-state index contributed by atoms with van der Waals surface area (Å²) >= 11 is 0. The average Bonchev–Trinajstić information content (AvgIpc) is 2.91. The Bertz CT molecular complexity index is 808. The molecule has 0 saturated carbocycles. The summed E-state index contributed by atoms with van der Waals surface area (Å²) < 4.78 is 5.66. The van der Waals surface area contributed by atoms with E-state index in [1.54, 1.807) is 12.3 Å². The normalized spacial score (nSPS) is 10.5. The molecule has 5 heteroatoms. The zero-order chi connectivity index (χ0) is 16.2. The van der Waals surface area contributed by atoms with Crippen LogP contribution in [0.2, 0.25) is 0 Å². The topological polar surface area (TPSA) is 68.0 Å². The monoisotopic (exact) mass is 307 g/mol. The number of carbonyl (C=O) groups excluding carboxylic acids is 1. The molecule has 0 saturated heterocycles. The number of aryl methyl sites for hydroxylation is 2. The van der Waals surface area contributed by atoms with Crippen molar-refractivity contribution in [1.82, 2.24) is 9.97 Å². The number of rotatable bonds is 4. The average molecular weight is 307 g/mol. The first-order valence-corrected chi connectivity index (χ1v) is 7.36. The Morgan fingerprint density at radius 3 is 2.61 bits per heavy atom. The summed E-state index contributed by atoms with van der Waals surface area (Å²) in [5.74, 6) is 1.54. The van der Waals surface area contributed by atoms with Crippen LogP contribution < -0.4 is 5.32 Å². The van der Waals surface area contributed by atoms with Crippen molar-refractivity contribution in [2.24, 2.45) is 0 Å². The number of aromatic nitrogens is 2. The van der Waals surface area contributed by atoms with E-state index in [9.17, 15) is 4.79 Å². The van der Waals surface area contributed by atoms with Crippen LogP contribution in [-0.2, 0) is 11.2 Å². The summed E-state index contributed by atoms with van der Waals surface area (Å²) in [6.07, 6.45) is 1.86. The molecule has 0 spiro atoms. The van der Waals surface area contributed by atoms with Crippen molar-refractivity contribution < 1.29 is 9.21 Å². The van der Waals surface area contributed by atoms with Gasteiger partial charge in [-0.05, 0) is 37.6 Å². The lowest BCUT2D eigenvalue weighted by Crippen LogP contribution is -2.16. The summed E-state index contributed by atoms with van der Waals surface area (Å²) in [5.41, 5.74) is 2.57. The third-order valence-corrected chi connectivity index (χ3v) is 3.42. The number of nitrogens with zero attached hydrogens (tertiary/aromatic N) is 2. The van der Waals surface area contributed by atoms with Crippen molar-refractivity contribution in [3.63, 3.8) is 0 Å².